The first-order valence-electron chi connectivity index (χ1n) is 5.11. The van der Waals surface area contributed by atoms with Gasteiger partial charge in [-0.3, -0.25) is 0 Å². The molecule has 0 atom stereocenters. The van der Waals surface area contributed by atoms with Gasteiger partial charge in [0.15, 0.2) is 5.79 Å². The molecule has 1 spiro atoms. The van der Waals surface area contributed by atoms with Crippen LogP contribution in [0.25, 0.3) is 0 Å². The van der Waals surface area contributed by atoms with Gasteiger partial charge in [0.2, 0.25) is 0 Å². The summed E-state index contributed by atoms with van der Waals surface area (Å²) in [5.74, 6) is -0.430. The highest BCUT2D eigenvalue weighted by Crippen LogP contribution is 2.28. The third kappa shape index (κ3) is 2.22. The van der Waals surface area contributed by atoms with Crippen LogP contribution in [0.2, 0.25) is 0 Å². The Morgan fingerprint density at radius 1 is 1.08 bits per heavy atom. The molecule has 2 aliphatic rings. The molecule has 1 aliphatic carbocycles. The quantitative estimate of drug-likeness (QED) is 0.533. The van der Waals surface area contributed by atoms with Gasteiger partial charge in [0.05, 0.1) is 13.2 Å². The molecule has 1 heterocycles. The molecule has 2 nitrogen and oxygen atoms in total. The van der Waals surface area contributed by atoms with E-state index in [1.54, 1.807) is 0 Å². The van der Waals surface area contributed by atoms with Crippen LogP contribution in [0.1, 0.15) is 32.1 Å². The van der Waals surface area contributed by atoms with Crippen LogP contribution < -0.4 is 0 Å². The van der Waals surface area contributed by atoms with Gasteiger partial charge in [0.1, 0.15) is 0 Å². The highest BCUT2D eigenvalue weighted by Gasteiger charge is 2.33. The van der Waals surface area contributed by atoms with E-state index in [0.717, 1.165) is 26.1 Å². The van der Waals surface area contributed by atoms with E-state index in [-0.39, 0.29) is 0 Å². The predicted octanol–water partition coefficient (Wildman–Crippen LogP) is 2.40. The molecule has 2 heteroatoms. The van der Waals surface area contributed by atoms with Gasteiger partial charge in [-0.25, -0.2) is 0 Å². The Bertz CT molecular complexity index is 220. The summed E-state index contributed by atoms with van der Waals surface area (Å²) in [5.41, 5.74) is 3.16. The summed E-state index contributed by atoms with van der Waals surface area (Å²) in [7, 11) is 0. The van der Waals surface area contributed by atoms with Gasteiger partial charge in [0.25, 0.3) is 0 Å². The van der Waals surface area contributed by atoms with Gasteiger partial charge in [-0.05, 0) is 25.3 Å². The van der Waals surface area contributed by atoms with Crippen molar-refractivity contribution < 1.29 is 9.47 Å². The minimum Gasteiger partial charge on any atom is -0.343 e. The Kier molecular flexibility index (Phi) is 2.84. The van der Waals surface area contributed by atoms with Crippen LogP contribution in [0, 0.1) is 0 Å². The molecule has 1 aliphatic heterocycles. The molecule has 2 rings (SSSR count). The molecule has 0 amide bonds. The third-order valence-corrected chi connectivity index (χ3v) is 2.57. The van der Waals surface area contributed by atoms with Gasteiger partial charge < -0.3 is 9.47 Å². The summed E-state index contributed by atoms with van der Waals surface area (Å²) >= 11 is 0. The van der Waals surface area contributed by atoms with Crippen LogP contribution in [0.4, 0.5) is 0 Å². The SMILES string of the molecule is C1=CCCCCCC2(C=1)OCCO2. The van der Waals surface area contributed by atoms with Crippen molar-refractivity contribution in [3.05, 3.63) is 17.9 Å². The standard InChI is InChI=1S/C11H16O2/c1-2-4-6-8-11(7-5-3-1)12-9-10-13-11/h3,7H,1-2,4,6,8-10H2. The van der Waals surface area contributed by atoms with Crippen molar-refractivity contribution in [3.63, 3.8) is 0 Å². The smallest absolute Gasteiger partial charge is 0.195 e. The fraction of sp³-hybridized carbons (Fsp3) is 0.727. The summed E-state index contributed by atoms with van der Waals surface area (Å²) in [5, 5.41) is 0. The molecule has 1 saturated heterocycles. The average molecular weight is 180 g/mol. The van der Waals surface area contributed by atoms with Crippen molar-refractivity contribution >= 4 is 0 Å². The summed E-state index contributed by atoms with van der Waals surface area (Å²) in [4.78, 5) is 0. The normalized spacial score (nSPS) is 27.1. The van der Waals surface area contributed by atoms with Crippen molar-refractivity contribution in [2.75, 3.05) is 13.2 Å². The van der Waals surface area contributed by atoms with Gasteiger partial charge in [-0.15, -0.1) is 5.73 Å². The maximum atomic E-state index is 5.61. The topological polar surface area (TPSA) is 18.5 Å². The van der Waals surface area contributed by atoms with Gasteiger partial charge in [0, 0.05) is 12.5 Å². The molecular formula is C11H16O2. The van der Waals surface area contributed by atoms with E-state index >= 15 is 0 Å². The molecule has 72 valence electrons. The van der Waals surface area contributed by atoms with Crippen LogP contribution in [0.5, 0.6) is 0 Å². The first kappa shape index (κ1) is 9.01. The maximum Gasteiger partial charge on any atom is 0.195 e. The number of hydrogen-bond acceptors (Lipinski definition) is 2. The molecule has 0 saturated carbocycles. The van der Waals surface area contributed by atoms with Crippen LogP contribution in [0.3, 0.4) is 0 Å². The Balaban J connectivity index is 2.09. The Labute approximate surface area is 79.2 Å². The van der Waals surface area contributed by atoms with Crippen LogP contribution in [0.15, 0.2) is 17.9 Å². The minimum absolute atomic E-state index is 0.430. The maximum absolute atomic E-state index is 5.61. The molecule has 0 unspecified atom stereocenters. The number of rotatable bonds is 0. The van der Waals surface area contributed by atoms with Crippen LogP contribution in [-0.2, 0) is 9.47 Å². The Hall–Kier alpha value is -0.560. The van der Waals surface area contributed by atoms with Crippen molar-refractivity contribution in [1.82, 2.24) is 0 Å². The van der Waals surface area contributed by atoms with E-state index in [1.807, 2.05) is 6.08 Å². The zero-order chi connectivity index (χ0) is 8.99. The Morgan fingerprint density at radius 2 is 1.92 bits per heavy atom. The largest absolute Gasteiger partial charge is 0.343 e. The number of hydrogen-bond donors (Lipinski definition) is 0. The second-order valence-corrected chi connectivity index (χ2v) is 3.62. The van der Waals surface area contributed by atoms with E-state index in [9.17, 15) is 0 Å². The molecule has 0 aromatic rings. The third-order valence-electron chi connectivity index (χ3n) is 2.57. The molecular weight excluding hydrogens is 164 g/mol. The zero-order valence-corrected chi connectivity index (χ0v) is 7.92. The van der Waals surface area contributed by atoms with E-state index in [2.05, 4.69) is 11.8 Å². The highest BCUT2D eigenvalue weighted by molar-refractivity contribution is 4.99. The van der Waals surface area contributed by atoms with Crippen molar-refractivity contribution in [2.45, 2.75) is 37.9 Å². The van der Waals surface area contributed by atoms with Gasteiger partial charge in [-0.2, -0.15) is 0 Å². The number of ether oxygens (including phenoxy) is 2. The Morgan fingerprint density at radius 3 is 2.77 bits per heavy atom. The zero-order valence-electron chi connectivity index (χ0n) is 7.92. The molecule has 0 radical (unpaired) electrons. The lowest BCUT2D eigenvalue weighted by molar-refractivity contribution is -0.122. The van der Waals surface area contributed by atoms with E-state index in [4.69, 9.17) is 9.47 Å². The highest BCUT2D eigenvalue weighted by atomic mass is 16.7. The molecule has 0 bridgehead atoms. The summed E-state index contributed by atoms with van der Waals surface area (Å²) in [6, 6.07) is 0. The molecule has 1 fully saturated rings. The van der Waals surface area contributed by atoms with Crippen LogP contribution in [-0.4, -0.2) is 19.0 Å². The molecule has 0 aromatic heterocycles. The summed E-state index contributed by atoms with van der Waals surface area (Å²) in [6.45, 7) is 1.44. The first-order chi connectivity index (χ1) is 6.41. The first-order valence-corrected chi connectivity index (χ1v) is 5.11. The van der Waals surface area contributed by atoms with E-state index in [0.29, 0.717) is 0 Å². The van der Waals surface area contributed by atoms with Crippen molar-refractivity contribution in [3.8, 4) is 0 Å². The minimum atomic E-state index is -0.430. The fourth-order valence-electron chi connectivity index (χ4n) is 1.83. The average Bonchev–Trinajstić information content (AvgIpc) is 2.62. The lowest BCUT2D eigenvalue weighted by atomic mass is 10.1. The second-order valence-electron chi connectivity index (χ2n) is 3.62. The van der Waals surface area contributed by atoms with Gasteiger partial charge >= 0.3 is 0 Å². The monoisotopic (exact) mass is 180 g/mol. The predicted molar refractivity (Wildman–Crippen MR) is 50.4 cm³/mol. The van der Waals surface area contributed by atoms with Crippen molar-refractivity contribution in [1.29, 1.82) is 0 Å². The molecule has 13 heavy (non-hydrogen) atoms. The second kappa shape index (κ2) is 4.10. The van der Waals surface area contributed by atoms with Crippen molar-refractivity contribution in [2.24, 2.45) is 0 Å². The lowest BCUT2D eigenvalue weighted by Gasteiger charge is -2.22. The summed E-state index contributed by atoms with van der Waals surface area (Å²) < 4.78 is 11.2. The fourth-order valence-corrected chi connectivity index (χ4v) is 1.83. The summed E-state index contributed by atoms with van der Waals surface area (Å²) in [6.07, 6.45) is 9.85. The van der Waals surface area contributed by atoms with Gasteiger partial charge in [-0.1, -0.05) is 6.42 Å². The van der Waals surface area contributed by atoms with E-state index < -0.39 is 5.79 Å². The molecule has 0 N–H and O–H groups in total. The van der Waals surface area contributed by atoms with Crippen LogP contribution >= 0.6 is 0 Å². The van der Waals surface area contributed by atoms with E-state index in [1.165, 1.54) is 19.3 Å². The lowest BCUT2D eigenvalue weighted by Crippen LogP contribution is -2.26. The molecule has 0 aromatic carbocycles.